The predicted octanol–water partition coefficient (Wildman–Crippen LogP) is 3.32. The van der Waals surface area contributed by atoms with E-state index in [4.69, 9.17) is 0 Å². The van der Waals surface area contributed by atoms with Gasteiger partial charge in [0.1, 0.15) is 10.0 Å². The molecule has 0 fully saturated rings. The summed E-state index contributed by atoms with van der Waals surface area (Å²) in [6, 6.07) is 6.90. The minimum Gasteiger partial charge on any atom is -0.308 e. The molecule has 1 heterocycles. The number of benzene rings is 1. The van der Waals surface area contributed by atoms with Crippen molar-refractivity contribution >= 4 is 11.3 Å². The molecule has 96 valence electrons. The smallest absolute Gasteiger partial charge is 0.148 e. The fourth-order valence-electron chi connectivity index (χ4n) is 1.78. The monoisotopic (exact) mass is 261 g/mol. The quantitative estimate of drug-likeness (QED) is 0.917. The van der Waals surface area contributed by atoms with Gasteiger partial charge in [-0.05, 0) is 19.4 Å². The van der Waals surface area contributed by atoms with E-state index in [2.05, 4.69) is 61.4 Å². The summed E-state index contributed by atoms with van der Waals surface area (Å²) in [5.41, 5.74) is 3.73. The van der Waals surface area contributed by atoms with E-state index in [9.17, 15) is 0 Å². The van der Waals surface area contributed by atoms with Crippen molar-refractivity contribution in [2.24, 2.45) is 0 Å². The number of nitrogens with one attached hydrogen (secondary N) is 1. The SMILES string of the molecule is Cc1ccc(-c2nnc(CNC(C)C)s2)c(C)c1. The third-order valence-corrected chi connectivity index (χ3v) is 3.70. The maximum absolute atomic E-state index is 4.28. The minimum atomic E-state index is 0.471. The number of rotatable bonds is 4. The van der Waals surface area contributed by atoms with Crippen molar-refractivity contribution in [2.75, 3.05) is 0 Å². The van der Waals surface area contributed by atoms with Gasteiger partial charge in [-0.15, -0.1) is 10.2 Å². The van der Waals surface area contributed by atoms with Crippen LogP contribution in [0.2, 0.25) is 0 Å². The average molecular weight is 261 g/mol. The average Bonchev–Trinajstić information content (AvgIpc) is 2.75. The van der Waals surface area contributed by atoms with Crippen LogP contribution >= 0.6 is 11.3 Å². The predicted molar refractivity (Wildman–Crippen MR) is 76.8 cm³/mol. The molecule has 1 aromatic carbocycles. The Bertz CT molecular complexity index is 532. The van der Waals surface area contributed by atoms with Gasteiger partial charge in [-0.25, -0.2) is 0 Å². The molecule has 4 heteroatoms. The maximum atomic E-state index is 4.28. The van der Waals surface area contributed by atoms with Crippen molar-refractivity contribution < 1.29 is 0 Å². The van der Waals surface area contributed by atoms with Gasteiger partial charge in [0.25, 0.3) is 0 Å². The molecule has 18 heavy (non-hydrogen) atoms. The highest BCUT2D eigenvalue weighted by molar-refractivity contribution is 7.14. The number of nitrogens with zero attached hydrogens (tertiary/aromatic N) is 2. The molecule has 3 nitrogen and oxygen atoms in total. The maximum Gasteiger partial charge on any atom is 0.148 e. The third-order valence-electron chi connectivity index (χ3n) is 2.74. The highest BCUT2D eigenvalue weighted by atomic mass is 32.1. The Balaban J connectivity index is 2.18. The fourth-order valence-corrected chi connectivity index (χ4v) is 2.66. The highest BCUT2D eigenvalue weighted by Crippen LogP contribution is 2.27. The van der Waals surface area contributed by atoms with Gasteiger partial charge in [0.2, 0.25) is 0 Å². The first-order valence-corrected chi connectivity index (χ1v) is 7.01. The summed E-state index contributed by atoms with van der Waals surface area (Å²) < 4.78 is 0. The Morgan fingerprint density at radius 1 is 1.22 bits per heavy atom. The third kappa shape index (κ3) is 3.15. The van der Waals surface area contributed by atoms with E-state index < -0.39 is 0 Å². The lowest BCUT2D eigenvalue weighted by Crippen LogP contribution is -2.21. The highest BCUT2D eigenvalue weighted by Gasteiger charge is 2.09. The zero-order valence-corrected chi connectivity index (χ0v) is 12.1. The fraction of sp³-hybridized carbons (Fsp3) is 0.429. The molecular weight excluding hydrogens is 242 g/mol. The molecule has 0 radical (unpaired) electrons. The van der Waals surface area contributed by atoms with Crippen LogP contribution in [0.5, 0.6) is 0 Å². The molecule has 0 atom stereocenters. The van der Waals surface area contributed by atoms with Gasteiger partial charge >= 0.3 is 0 Å². The van der Waals surface area contributed by atoms with Crippen LogP contribution in [-0.2, 0) is 6.54 Å². The first kappa shape index (κ1) is 13.2. The van der Waals surface area contributed by atoms with Crippen LogP contribution < -0.4 is 5.32 Å². The van der Waals surface area contributed by atoms with Crippen molar-refractivity contribution in [3.8, 4) is 10.6 Å². The van der Waals surface area contributed by atoms with E-state index in [0.29, 0.717) is 6.04 Å². The second kappa shape index (κ2) is 5.59. The Morgan fingerprint density at radius 2 is 2.00 bits per heavy atom. The van der Waals surface area contributed by atoms with Gasteiger partial charge in [-0.1, -0.05) is 48.9 Å². The normalized spacial score (nSPS) is 11.2. The molecular formula is C14H19N3S. The van der Waals surface area contributed by atoms with Gasteiger partial charge in [-0.3, -0.25) is 0 Å². The molecule has 1 aromatic heterocycles. The number of hydrogen-bond donors (Lipinski definition) is 1. The Kier molecular flexibility index (Phi) is 4.09. The molecule has 0 saturated carbocycles. The lowest BCUT2D eigenvalue weighted by atomic mass is 10.1. The van der Waals surface area contributed by atoms with Crippen LogP contribution in [0.1, 0.15) is 30.0 Å². The van der Waals surface area contributed by atoms with Crippen LogP contribution in [-0.4, -0.2) is 16.2 Å². The van der Waals surface area contributed by atoms with Crippen molar-refractivity contribution in [1.29, 1.82) is 0 Å². The zero-order chi connectivity index (χ0) is 13.1. The Labute approximate surface area is 112 Å². The van der Waals surface area contributed by atoms with Crippen LogP contribution in [0.25, 0.3) is 10.6 Å². The number of hydrogen-bond acceptors (Lipinski definition) is 4. The molecule has 0 amide bonds. The first-order valence-electron chi connectivity index (χ1n) is 6.19. The van der Waals surface area contributed by atoms with Gasteiger partial charge in [0.15, 0.2) is 0 Å². The van der Waals surface area contributed by atoms with Gasteiger partial charge in [-0.2, -0.15) is 0 Å². The van der Waals surface area contributed by atoms with Crippen molar-refractivity contribution in [1.82, 2.24) is 15.5 Å². The lowest BCUT2D eigenvalue weighted by molar-refractivity contribution is 0.585. The van der Waals surface area contributed by atoms with Crippen molar-refractivity contribution in [2.45, 2.75) is 40.3 Å². The van der Waals surface area contributed by atoms with Gasteiger partial charge in [0, 0.05) is 18.2 Å². The summed E-state index contributed by atoms with van der Waals surface area (Å²) in [5, 5.41) is 13.9. The lowest BCUT2D eigenvalue weighted by Gasteiger charge is -2.04. The standard InChI is InChI=1S/C14H19N3S/c1-9(2)15-8-13-16-17-14(18-13)12-6-5-10(3)7-11(12)4/h5-7,9,15H,8H2,1-4H3. The van der Waals surface area contributed by atoms with Crippen molar-refractivity contribution in [3.05, 3.63) is 34.3 Å². The molecule has 0 spiro atoms. The molecule has 0 saturated heterocycles. The zero-order valence-electron chi connectivity index (χ0n) is 11.3. The largest absolute Gasteiger partial charge is 0.308 e. The van der Waals surface area contributed by atoms with Gasteiger partial charge in [0.05, 0.1) is 0 Å². The van der Waals surface area contributed by atoms with E-state index in [1.54, 1.807) is 11.3 Å². The Morgan fingerprint density at radius 3 is 2.67 bits per heavy atom. The number of aryl methyl sites for hydroxylation is 2. The van der Waals surface area contributed by atoms with E-state index in [1.807, 2.05) is 0 Å². The summed E-state index contributed by atoms with van der Waals surface area (Å²) >= 11 is 1.66. The van der Waals surface area contributed by atoms with E-state index in [-0.39, 0.29) is 0 Å². The van der Waals surface area contributed by atoms with Crippen LogP contribution in [0.4, 0.5) is 0 Å². The van der Waals surface area contributed by atoms with E-state index in [1.165, 1.54) is 16.7 Å². The molecule has 0 unspecified atom stereocenters. The summed E-state index contributed by atoms with van der Waals surface area (Å²) in [7, 11) is 0. The molecule has 0 aliphatic heterocycles. The second-order valence-corrected chi connectivity index (χ2v) is 5.92. The van der Waals surface area contributed by atoms with Crippen molar-refractivity contribution in [3.63, 3.8) is 0 Å². The first-order chi connectivity index (χ1) is 8.56. The van der Waals surface area contributed by atoms with E-state index >= 15 is 0 Å². The van der Waals surface area contributed by atoms with Crippen LogP contribution in [0.15, 0.2) is 18.2 Å². The molecule has 2 rings (SSSR count). The summed E-state index contributed by atoms with van der Waals surface area (Å²) in [6.07, 6.45) is 0. The van der Waals surface area contributed by atoms with E-state index in [0.717, 1.165) is 16.6 Å². The summed E-state index contributed by atoms with van der Waals surface area (Å²) in [4.78, 5) is 0. The molecule has 0 aliphatic rings. The molecule has 2 aromatic rings. The number of aromatic nitrogens is 2. The molecule has 1 N–H and O–H groups in total. The summed E-state index contributed by atoms with van der Waals surface area (Å²) in [6.45, 7) is 9.28. The molecule has 0 aliphatic carbocycles. The van der Waals surface area contributed by atoms with Crippen LogP contribution in [0, 0.1) is 13.8 Å². The topological polar surface area (TPSA) is 37.8 Å². The second-order valence-electron chi connectivity index (χ2n) is 4.85. The Hall–Kier alpha value is -1.26. The van der Waals surface area contributed by atoms with Crippen LogP contribution in [0.3, 0.4) is 0 Å². The minimum absolute atomic E-state index is 0.471. The molecule has 0 bridgehead atoms. The summed E-state index contributed by atoms with van der Waals surface area (Å²) in [5.74, 6) is 0. The van der Waals surface area contributed by atoms with Gasteiger partial charge < -0.3 is 5.32 Å².